The molecule has 3 aromatic rings. The summed E-state index contributed by atoms with van der Waals surface area (Å²) in [5.41, 5.74) is 0.689. The van der Waals surface area contributed by atoms with Gasteiger partial charge in [0.25, 0.3) is 5.91 Å². The second kappa shape index (κ2) is 11.2. The number of hydrogen-bond acceptors (Lipinski definition) is 6. The van der Waals surface area contributed by atoms with Crippen LogP contribution in [0.5, 0.6) is 0 Å². The first-order valence-electron chi connectivity index (χ1n) is 11.8. The number of thiazole rings is 1. The summed E-state index contributed by atoms with van der Waals surface area (Å²) in [5.74, 6) is -0.535. The van der Waals surface area contributed by atoms with E-state index in [4.69, 9.17) is 27.9 Å². The molecule has 2 heterocycles. The number of benzene rings is 2. The van der Waals surface area contributed by atoms with Crippen molar-refractivity contribution in [3.05, 3.63) is 56.8 Å². The summed E-state index contributed by atoms with van der Waals surface area (Å²) in [6.45, 7) is 6.73. The van der Waals surface area contributed by atoms with Crippen molar-refractivity contribution < 1.29 is 22.7 Å². The van der Waals surface area contributed by atoms with E-state index >= 15 is 0 Å². The van der Waals surface area contributed by atoms with E-state index in [0.29, 0.717) is 28.3 Å². The Morgan fingerprint density at radius 1 is 1.08 bits per heavy atom. The van der Waals surface area contributed by atoms with Crippen molar-refractivity contribution in [3.8, 4) is 0 Å². The summed E-state index contributed by atoms with van der Waals surface area (Å²) in [4.78, 5) is 29.9. The number of rotatable bonds is 6. The minimum atomic E-state index is -3.67. The predicted octanol–water partition coefficient (Wildman–Crippen LogP) is 4.98. The number of amides is 1. The molecule has 0 aliphatic carbocycles. The Morgan fingerprint density at radius 3 is 2.35 bits per heavy atom. The van der Waals surface area contributed by atoms with Crippen molar-refractivity contribution in [2.45, 2.75) is 38.6 Å². The summed E-state index contributed by atoms with van der Waals surface area (Å²) < 4.78 is 35.1. The van der Waals surface area contributed by atoms with Gasteiger partial charge in [0.1, 0.15) is 6.54 Å². The molecular formula is C25H27Cl2N3O5S2. The number of aromatic nitrogens is 1. The lowest BCUT2D eigenvalue weighted by molar-refractivity contribution is -0.143. The van der Waals surface area contributed by atoms with Gasteiger partial charge in [0.05, 0.1) is 31.8 Å². The SMILES string of the molecule is CCOC(=O)Cn1c(=NC(=O)c2ccc(S(=O)(=O)N3CC(C)CC(C)C3)cc2)sc2ccc(Cl)c(Cl)c21. The molecule has 0 radical (unpaired) electrons. The highest BCUT2D eigenvalue weighted by Crippen LogP contribution is 2.32. The predicted molar refractivity (Wildman–Crippen MR) is 145 cm³/mol. The third-order valence-corrected chi connectivity index (χ3v) is 9.78. The van der Waals surface area contributed by atoms with Gasteiger partial charge in [-0.1, -0.05) is 48.4 Å². The molecule has 198 valence electrons. The first-order chi connectivity index (χ1) is 17.5. The third kappa shape index (κ3) is 5.93. The lowest BCUT2D eigenvalue weighted by Crippen LogP contribution is -2.42. The van der Waals surface area contributed by atoms with Gasteiger partial charge >= 0.3 is 5.97 Å². The summed E-state index contributed by atoms with van der Waals surface area (Å²) in [7, 11) is -3.67. The molecule has 1 fully saturated rings. The van der Waals surface area contributed by atoms with Gasteiger partial charge in [0.15, 0.2) is 4.80 Å². The number of halogens is 2. The van der Waals surface area contributed by atoms with E-state index in [9.17, 15) is 18.0 Å². The van der Waals surface area contributed by atoms with Crippen molar-refractivity contribution in [1.82, 2.24) is 8.87 Å². The Hall–Kier alpha value is -2.24. The van der Waals surface area contributed by atoms with E-state index in [-0.39, 0.29) is 45.3 Å². The molecule has 2 aromatic carbocycles. The number of sulfonamides is 1. The van der Waals surface area contributed by atoms with Crippen LogP contribution in [0.2, 0.25) is 10.0 Å². The van der Waals surface area contributed by atoms with Crippen LogP contribution in [0.3, 0.4) is 0 Å². The first-order valence-corrected chi connectivity index (χ1v) is 14.8. The molecule has 8 nitrogen and oxygen atoms in total. The fraction of sp³-hybridized carbons (Fsp3) is 0.400. The minimum absolute atomic E-state index is 0.131. The molecule has 37 heavy (non-hydrogen) atoms. The van der Waals surface area contributed by atoms with Crippen LogP contribution in [0.4, 0.5) is 0 Å². The van der Waals surface area contributed by atoms with Crippen LogP contribution in [0.25, 0.3) is 10.2 Å². The Labute approximate surface area is 229 Å². The second-order valence-electron chi connectivity index (χ2n) is 9.19. The van der Waals surface area contributed by atoms with Gasteiger partial charge in [-0.25, -0.2) is 8.42 Å². The molecule has 0 N–H and O–H groups in total. The Morgan fingerprint density at radius 2 is 1.73 bits per heavy atom. The third-order valence-electron chi connectivity index (χ3n) is 6.10. The highest BCUT2D eigenvalue weighted by atomic mass is 35.5. The summed E-state index contributed by atoms with van der Waals surface area (Å²) >= 11 is 13.8. The van der Waals surface area contributed by atoms with E-state index in [1.165, 1.54) is 44.5 Å². The number of nitrogens with zero attached hydrogens (tertiary/aromatic N) is 3. The fourth-order valence-electron chi connectivity index (χ4n) is 4.54. The molecule has 2 atom stereocenters. The quantitative estimate of drug-likeness (QED) is 0.381. The second-order valence-corrected chi connectivity index (χ2v) is 12.9. The molecule has 1 aromatic heterocycles. The van der Waals surface area contributed by atoms with E-state index in [1.807, 2.05) is 13.8 Å². The monoisotopic (exact) mass is 583 g/mol. The zero-order valence-corrected chi connectivity index (χ0v) is 23.8. The van der Waals surface area contributed by atoms with Gasteiger partial charge in [-0.2, -0.15) is 9.30 Å². The lowest BCUT2D eigenvalue weighted by Gasteiger charge is -2.34. The molecule has 0 spiro atoms. The molecule has 1 aliphatic rings. The maximum Gasteiger partial charge on any atom is 0.326 e. The van der Waals surface area contributed by atoms with Crippen LogP contribution >= 0.6 is 34.5 Å². The smallest absolute Gasteiger partial charge is 0.326 e. The Kier molecular flexibility index (Phi) is 8.45. The fourth-order valence-corrected chi connectivity index (χ4v) is 7.73. The molecule has 4 rings (SSSR count). The summed E-state index contributed by atoms with van der Waals surface area (Å²) in [6, 6.07) is 9.12. The van der Waals surface area contributed by atoms with E-state index in [1.54, 1.807) is 19.1 Å². The normalized spacial score (nSPS) is 19.3. The van der Waals surface area contributed by atoms with Gasteiger partial charge < -0.3 is 9.30 Å². The number of piperidine rings is 1. The molecule has 2 unspecified atom stereocenters. The molecule has 1 saturated heterocycles. The minimum Gasteiger partial charge on any atom is -0.465 e. The van der Waals surface area contributed by atoms with Crippen molar-refractivity contribution in [2.24, 2.45) is 16.8 Å². The van der Waals surface area contributed by atoms with E-state index < -0.39 is 21.9 Å². The number of carbonyl (C=O) groups is 2. The summed E-state index contributed by atoms with van der Waals surface area (Å²) in [6.07, 6.45) is 0.992. The standard InChI is InChI=1S/C25H27Cl2N3O5S2/c1-4-35-21(31)14-30-23-20(10-9-19(26)22(23)27)36-25(30)28-24(32)17-5-7-18(8-6-17)37(33,34)29-12-15(2)11-16(3)13-29/h5-10,15-16H,4,11-14H2,1-3H3. The van der Waals surface area contributed by atoms with E-state index in [0.717, 1.165) is 6.42 Å². The number of ether oxygens (including phenoxy) is 1. The molecule has 0 saturated carbocycles. The lowest BCUT2D eigenvalue weighted by atomic mass is 9.94. The molecule has 1 amide bonds. The average molecular weight is 585 g/mol. The number of hydrogen-bond donors (Lipinski definition) is 0. The maximum atomic E-state index is 13.2. The summed E-state index contributed by atoms with van der Waals surface area (Å²) in [5, 5.41) is 0.543. The van der Waals surface area contributed by atoms with Gasteiger partial charge in [-0.05, 0) is 61.6 Å². The van der Waals surface area contributed by atoms with Crippen molar-refractivity contribution in [1.29, 1.82) is 0 Å². The first kappa shape index (κ1) is 27.8. The van der Waals surface area contributed by atoms with E-state index in [2.05, 4.69) is 4.99 Å². The van der Waals surface area contributed by atoms with Crippen LogP contribution in [0.15, 0.2) is 46.3 Å². The van der Waals surface area contributed by atoms with Crippen molar-refractivity contribution in [2.75, 3.05) is 19.7 Å². The number of esters is 1. The molecular weight excluding hydrogens is 557 g/mol. The Bertz CT molecular complexity index is 1500. The number of fused-ring (bicyclic) bond motifs is 1. The van der Waals surface area contributed by atoms with Crippen LogP contribution < -0.4 is 4.80 Å². The molecule has 0 bridgehead atoms. The average Bonchev–Trinajstić information content (AvgIpc) is 3.18. The largest absolute Gasteiger partial charge is 0.465 e. The van der Waals surface area contributed by atoms with Crippen LogP contribution in [-0.2, 0) is 26.1 Å². The highest BCUT2D eigenvalue weighted by Gasteiger charge is 2.31. The van der Waals surface area contributed by atoms with Crippen LogP contribution in [0, 0.1) is 11.8 Å². The van der Waals surface area contributed by atoms with Gasteiger partial charge in [0.2, 0.25) is 10.0 Å². The van der Waals surface area contributed by atoms with Gasteiger partial charge in [0, 0.05) is 18.7 Å². The van der Waals surface area contributed by atoms with Gasteiger partial charge in [-0.3, -0.25) is 9.59 Å². The van der Waals surface area contributed by atoms with Gasteiger partial charge in [-0.15, -0.1) is 0 Å². The van der Waals surface area contributed by atoms with Crippen molar-refractivity contribution in [3.63, 3.8) is 0 Å². The topological polar surface area (TPSA) is 98.0 Å². The number of carbonyl (C=O) groups excluding carboxylic acids is 2. The van der Waals surface area contributed by atoms with Crippen LogP contribution in [0.1, 0.15) is 37.6 Å². The Balaban J connectivity index is 1.67. The maximum absolute atomic E-state index is 13.2. The molecule has 1 aliphatic heterocycles. The molecule has 12 heteroatoms. The zero-order valence-electron chi connectivity index (χ0n) is 20.6. The highest BCUT2D eigenvalue weighted by molar-refractivity contribution is 7.89. The van der Waals surface area contributed by atoms with Crippen LogP contribution in [-0.4, -0.2) is 48.9 Å². The zero-order chi connectivity index (χ0) is 26.9. The van der Waals surface area contributed by atoms with Crippen molar-refractivity contribution >= 4 is 66.7 Å².